The molecule has 3 aromatic rings. The number of fused-ring (bicyclic) bond motifs is 1. The van der Waals surface area contributed by atoms with Crippen LogP contribution in [0.3, 0.4) is 0 Å². The van der Waals surface area contributed by atoms with Crippen molar-refractivity contribution in [2.75, 3.05) is 0 Å². The van der Waals surface area contributed by atoms with E-state index in [9.17, 15) is 4.79 Å². The molecule has 0 aliphatic heterocycles. The van der Waals surface area contributed by atoms with Crippen molar-refractivity contribution in [3.05, 3.63) is 45.1 Å². The Hall–Kier alpha value is -1.87. The number of benzene rings is 1. The molecule has 3 rings (SSSR count). The summed E-state index contributed by atoms with van der Waals surface area (Å²) in [6.45, 7) is 6.23. The van der Waals surface area contributed by atoms with Crippen molar-refractivity contribution in [1.82, 2.24) is 4.98 Å². The number of nitrogens with one attached hydrogen (secondary N) is 1. The van der Waals surface area contributed by atoms with E-state index < -0.39 is 0 Å². The number of aromatic nitrogens is 1. The van der Waals surface area contributed by atoms with E-state index in [0.717, 1.165) is 34.0 Å². The SMILES string of the molecule is Cc1ccc2[nH]c(-c3cc(C)sc3C)c(C=O)c2c1. The number of hydrogen-bond acceptors (Lipinski definition) is 2. The number of rotatable bonds is 2. The van der Waals surface area contributed by atoms with Crippen molar-refractivity contribution in [3.63, 3.8) is 0 Å². The number of carbonyl (C=O) groups excluding carboxylic acids is 1. The molecule has 0 radical (unpaired) electrons. The van der Waals surface area contributed by atoms with E-state index in [1.54, 1.807) is 11.3 Å². The van der Waals surface area contributed by atoms with Crippen molar-refractivity contribution >= 4 is 28.5 Å². The minimum absolute atomic E-state index is 0.764. The van der Waals surface area contributed by atoms with Crippen LogP contribution >= 0.6 is 11.3 Å². The van der Waals surface area contributed by atoms with Gasteiger partial charge < -0.3 is 4.98 Å². The number of aldehydes is 1. The summed E-state index contributed by atoms with van der Waals surface area (Å²) in [5.74, 6) is 0. The van der Waals surface area contributed by atoms with Crippen LogP contribution in [0.15, 0.2) is 24.3 Å². The van der Waals surface area contributed by atoms with E-state index in [-0.39, 0.29) is 0 Å². The fourth-order valence-electron chi connectivity index (χ4n) is 2.54. The van der Waals surface area contributed by atoms with Crippen LogP contribution in [0.2, 0.25) is 0 Å². The maximum absolute atomic E-state index is 11.5. The van der Waals surface area contributed by atoms with Crippen molar-refractivity contribution in [1.29, 1.82) is 0 Å². The molecule has 0 saturated heterocycles. The number of thiophene rings is 1. The minimum Gasteiger partial charge on any atom is -0.354 e. The maximum Gasteiger partial charge on any atom is 0.152 e. The quantitative estimate of drug-likeness (QED) is 0.676. The van der Waals surface area contributed by atoms with Gasteiger partial charge in [-0.05, 0) is 39.0 Å². The third-order valence-electron chi connectivity index (χ3n) is 3.42. The molecule has 0 unspecified atom stereocenters. The zero-order valence-corrected chi connectivity index (χ0v) is 12.0. The lowest BCUT2D eigenvalue weighted by molar-refractivity contribution is 0.112. The van der Waals surface area contributed by atoms with E-state index in [4.69, 9.17) is 0 Å². The summed E-state index contributed by atoms with van der Waals surface area (Å²) < 4.78 is 0. The topological polar surface area (TPSA) is 32.9 Å². The molecule has 1 aromatic carbocycles. The van der Waals surface area contributed by atoms with Crippen LogP contribution < -0.4 is 0 Å². The Morgan fingerprint density at radius 3 is 2.58 bits per heavy atom. The molecule has 0 fully saturated rings. The second kappa shape index (κ2) is 4.35. The van der Waals surface area contributed by atoms with Gasteiger partial charge in [0.2, 0.25) is 0 Å². The standard InChI is InChI=1S/C16H15NOS/c1-9-4-5-15-13(6-9)14(8-18)16(17-15)12-7-10(2)19-11(12)3/h4-8,17H,1-3H3. The highest BCUT2D eigenvalue weighted by atomic mass is 32.1. The Bertz CT molecular complexity index is 779. The van der Waals surface area contributed by atoms with Gasteiger partial charge in [0, 0.05) is 31.8 Å². The van der Waals surface area contributed by atoms with Crippen LogP contribution in [-0.2, 0) is 0 Å². The third-order valence-corrected chi connectivity index (χ3v) is 4.39. The molecule has 0 bridgehead atoms. The molecule has 96 valence electrons. The normalized spacial score (nSPS) is 11.1. The third kappa shape index (κ3) is 1.90. The predicted molar refractivity (Wildman–Crippen MR) is 81.2 cm³/mol. The fraction of sp³-hybridized carbons (Fsp3) is 0.188. The zero-order chi connectivity index (χ0) is 13.6. The van der Waals surface area contributed by atoms with E-state index in [0.29, 0.717) is 0 Å². The second-order valence-corrected chi connectivity index (χ2v) is 6.37. The van der Waals surface area contributed by atoms with Gasteiger partial charge in [0.15, 0.2) is 6.29 Å². The van der Waals surface area contributed by atoms with E-state index in [1.165, 1.54) is 15.3 Å². The molecular formula is C16H15NOS. The van der Waals surface area contributed by atoms with Crippen LogP contribution in [0.1, 0.15) is 25.7 Å². The lowest BCUT2D eigenvalue weighted by atomic mass is 10.1. The van der Waals surface area contributed by atoms with Crippen LogP contribution in [0.4, 0.5) is 0 Å². The van der Waals surface area contributed by atoms with Crippen LogP contribution in [0, 0.1) is 20.8 Å². The molecule has 19 heavy (non-hydrogen) atoms. The number of H-pyrrole nitrogens is 1. The molecule has 3 heteroatoms. The summed E-state index contributed by atoms with van der Waals surface area (Å²) in [7, 11) is 0. The summed E-state index contributed by atoms with van der Waals surface area (Å²) in [6.07, 6.45) is 0.958. The maximum atomic E-state index is 11.5. The average Bonchev–Trinajstić information content (AvgIpc) is 2.88. The predicted octanol–water partition coefficient (Wildman–Crippen LogP) is 4.63. The highest BCUT2D eigenvalue weighted by molar-refractivity contribution is 7.12. The first kappa shape index (κ1) is 12.2. The van der Waals surface area contributed by atoms with Gasteiger partial charge in [-0.3, -0.25) is 4.79 Å². The van der Waals surface area contributed by atoms with Gasteiger partial charge in [-0.2, -0.15) is 0 Å². The molecular weight excluding hydrogens is 254 g/mol. The molecule has 0 aliphatic rings. The number of hydrogen-bond donors (Lipinski definition) is 1. The Morgan fingerprint density at radius 2 is 1.95 bits per heavy atom. The van der Waals surface area contributed by atoms with Crippen LogP contribution in [-0.4, -0.2) is 11.3 Å². The molecule has 2 heterocycles. The Kier molecular flexibility index (Phi) is 2.79. The van der Waals surface area contributed by atoms with Gasteiger partial charge >= 0.3 is 0 Å². The first-order valence-electron chi connectivity index (χ1n) is 6.25. The smallest absolute Gasteiger partial charge is 0.152 e. The lowest BCUT2D eigenvalue weighted by Crippen LogP contribution is -1.84. The van der Waals surface area contributed by atoms with Gasteiger partial charge in [-0.1, -0.05) is 11.6 Å². The summed E-state index contributed by atoms with van der Waals surface area (Å²) in [5, 5.41) is 1.01. The lowest BCUT2D eigenvalue weighted by Gasteiger charge is -1.97. The molecule has 0 amide bonds. The Balaban J connectivity index is 2.35. The highest BCUT2D eigenvalue weighted by Gasteiger charge is 2.15. The van der Waals surface area contributed by atoms with Crippen LogP contribution in [0.5, 0.6) is 0 Å². The molecule has 1 N–H and O–H groups in total. The number of aromatic amines is 1. The minimum atomic E-state index is 0.764. The van der Waals surface area contributed by atoms with E-state index >= 15 is 0 Å². The van der Waals surface area contributed by atoms with Gasteiger partial charge in [-0.25, -0.2) is 0 Å². The molecule has 2 aromatic heterocycles. The van der Waals surface area contributed by atoms with E-state index in [1.807, 2.05) is 13.0 Å². The van der Waals surface area contributed by atoms with Gasteiger partial charge in [0.05, 0.1) is 5.69 Å². The Labute approximate surface area is 116 Å². The van der Waals surface area contributed by atoms with Crippen molar-refractivity contribution in [3.8, 4) is 11.3 Å². The molecule has 0 spiro atoms. The van der Waals surface area contributed by atoms with Gasteiger partial charge in [0.25, 0.3) is 0 Å². The molecule has 0 atom stereocenters. The van der Waals surface area contributed by atoms with Crippen LogP contribution in [0.25, 0.3) is 22.2 Å². The fourth-order valence-corrected chi connectivity index (χ4v) is 3.47. The average molecular weight is 269 g/mol. The summed E-state index contributed by atoms with van der Waals surface area (Å²) in [5.41, 5.74) is 5.03. The first-order chi connectivity index (χ1) is 9.10. The Morgan fingerprint density at radius 1 is 1.16 bits per heavy atom. The molecule has 0 aliphatic carbocycles. The monoisotopic (exact) mass is 269 g/mol. The number of carbonyl (C=O) groups is 1. The summed E-state index contributed by atoms with van der Waals surface area (Å²) >= 11 is 1.76. The second-order valence-electron chi connectivity index (χ2n) is 4.91. The van der Waals surface area contributed by atoms with Crippen molar-refractivity contribution < 1.29 is 4.79 Å². The zero-order valence-electron chi connectivity index (χ0n) is 11.2. The largest absolute Gasteiger partial charge is 0.354 e. The van der Waals surface area contributed by atoms with Gasteiger partial charge in [-0.15, -0.1) is 11.3 Å². The highest BCUT2D eigenvalue weighted by Crippen LogP contribution is 2.35. The number of aryl methyl sites for hydroxylation is 3. The summed E-state index contributed by atoms with van der Waals surface area (Å²) in [6, 6.07) is 8.30. The molecule has 2 nitrogen and oxygen atoms in total. The first-order valence-corrected chi connectivity index (χ1v) is 7.06. The van der Waals surface area contributed by atoms with Gasteiger partial charge in [0.1, 0.15) is 0 Å². The van der Waals surface area contributed by atoms with Crippen molar-refractivity contribution in [2.45, 2.75) is 20.8 Å². The van der Waals surface area contributed by atoms with Crippen molar-refractivity contribution in [2.24, 2.45) is 0 Å². The molecule has 0 saturated carbocycles. The summed E-state index contributed by atoms with van der Waals surface area (Å²) in [4.78, 5) is 17.4. The van der Waals surface area contributed by atoms with E-state index in [2.05, 4.69) is 37.0 Å².